The lowest BCUT2D eigenvalue weighted by molar-refractivity contribution is -0.137. The van der Waals surface area contributed by atoms with Crippen LogP contribution in [0.15, 0.2) is 40.7 Å². The molecule has 25 heavy (non-hydrogen) atoms. The van der Waals surface area contributed by atoms with Crippen LogP contribution < -0.4 is 0 Å². The van der Waals surface area contributed by atoms with E-state index in [2.05, 4.69) is 20.8 Å². The number of carbonyl (C=O) groups is 1. The van der Waals surface area contributed by atoms with E-state index in [-0.39, 0.29) is 12.1 Å². The van der Waals surface area contributed by atoms with Crippen LogP contribution in [-0.4, -0.2) is 18.7 Å². The van der Waals surface area contributed by atoms with Crippen molar-refractivity contribution in [2.45, 2.75) is 53.1 Å². The van der Waals surface area contributed by atoms with Gasteiger partial charge in [0.25, 0.3) is 0 Å². The zero-order valence-electron chi connectivity index (χ0n) is 15.7. The second-order valence-electron chi connectivity index (χ2n) is 7.13. The second-order valence-corrected chi connectivity index (χ2v) is 7.13. The van der Waals surface area contributed by atoms with Gasteiger partial charge in [-0.15, -0.1) is 0 Å². The topological polar surface area (TPSA) is 48.7 Å². The third-order valence-corrected chi connectivity index (χ3v) is 4.75. The fourth-order valence-electron chi connectivity index (χ4n) is 3.40. The van der Waals surface area contributed by atoms with Crippen LogP contribution in [0.4, 0.5) is 0 Å². The largest absolute Gasteiger partial charge is 0.490 e. The third-order valence-electron chi connectivity index (χ3n) is 4.75. The van der Waals surface area contributed by atoms with Gasteiger partial charge in [-0.05, 0) is 61.8 Å². The molecular weight excluding hydrogens is 316 g/mol. The van der Waals surface area contributed by atoms with Crippen molar-refractivity contribution in [3.05, 3.63) is 42.1 Å². The molecule has 4 heteroatoms. The quantitative estimate of drug-likeness (QED) is 0.294. The van der Waals surface area contributed by atoms with E-state index in [4.69, 9.17) is 13.9 Å². The van der Waals surface area contributed by atoms with Crippen molar-refractivity contribution in [2.75, 3.05) is 6.61 Å². The Morgan fingerprint density at radius 3 is 2.84 bits per heavy atom. The number of hydrogen-bond donors (Lipinski definition) is 0. The first kappa shape index (κ1) is 19.4. The van der Waals surface area contributed by atoms with Crippen LogP contribution in [0.5, 0.6) is 0 Å². The summed E-state index contributed by atoms with van der Waals surface area (Å²) in [5.74, 6) is 2.55. The molecule has 0 bridgehead atoms. The van der Waals surface area contributed by atoms with Gasteiger partial charge >= 0.3 is 5.97 Å². The first-order valence-corrected chi connectivity index (χ1v) is 9.26. The smallest absolute Gasteiger partial charge is 0.334 e. The van der Waals surface area contributed by atoms with Crippen molar-refractivity contribution >= 4 is 12.0 Å². The molecule has 0 aromatic carbocycles. The number of furan rings is 1. The van der Waals surface area contributed by atoms with E-state index in [1.54, 1.807) is 19.3 Å². The van der Waals surface area contributed by atoms with Crippen molar-refractivity contribution in [3.8, 4) is 0 Å². The molecule has 0 spiro atoms. The van der Waals surface area contributed by atoms with Gasteiger partial charge in [0.2, 0.25) is 0 Å². The predicted molar refractivity (Wildman–Crippen MR) is 98.7 cm³/mol. The molecule has 1 aromatic rings. The van der Waals surface area contributed by atoms with Gasteiger partial charge in [-0.25, -0.2) is 4.79 Å². The van der Waals surface area contributed by atoms with Gasteiger partial charge in [0.15, 0.2) is 0 Å². The highest BCUT2D eigenvalue weighted by Crippen LogP contribution is 2.36. The van der Waals surface area contributed by atoms with E-state index in [1.807, 2.05) is 18.2 Å². The fourth-order valence-corrected chi connectivity index (χ4v) is 3.40. The molecule has 138 valence electrons. The Labute approximate surface area is 150 Å². The van der Waals surface area contributed by atoms with Crippen LogP contribution in [0.2, 0.25) is 0 Å². The molecule has 1 aliphatic rings. The average Bonchev–Trinajstić information content (AvgIpc) is 3.06. The maximum absolute atomic E-state index is 11.9. The molecular formula is C21H30O4. The summed E-state index contributed by atoms with van der Waals surface area (Å²) in [6.45, 7) is 8.89. The first-order valence-electron chi connectivity index (χ1n) is 9.26. The van der Waals surface area contributed by atoms with Gasteiger partial charge in [-0.3, -0.25) is 0 Å². The molecule has 1 fully saturated rings. The maximum atomic E-state index is 11.9. The molecule has 2 rings (SSSR count). The standard InChI is InChI=1S/C21H30O4/c1-5-23-21(22)14-18(10-9-17-7-6-12-24-17)25-20-13-16(4)8-11-19(20)15(2)3/h6-7,9-10,12,14-16,19-20H,5,8,11,13H2,1-4H3/b10-9+,18-14+/t16-,19+,20-/m0/s1. The van der Waals surface area contributed by atoms with Crippen LogP contribution in [0, 0.1) is 17.8 Å². The minimum Gasteiger partial charge on any atom is -0.490 e. The van der Waals surface area contributed by atoms with Crippen LogP contribution in [0.1, 0.15) is 52.7 Å². The lowest BCUT2D eigenvalue weighted by atomic mass is 9.75. The van der Waals surface area contributed by atoms with Gasteiger partial charge in [0.05, 0.1) is 18.9 Å². The van der Waals surface area contributed by atoms with Crippen molar-refractivity contribution in [2.24, 2.45) is 17.8 Å². The van der Waals surface area contributed by atoms with E-state index < -0.39 is 0 Å². The van der Waals surface area contributed by atoms with E-state index in [0.717, 1.165) is 18.6 Å². The molecule has 0 amide bonds. The van der Waals surface area contributed by atoms with E-state index in [0.29, 0.717) is 30.1 Å². The summed E-state index contributed by atoms with van der Waals surface area (Å²) in [7, 11) is 0. The summed E-state index contributed by atoms with van der Waals surface area (Å²) in [5, 5.41) is 0. The average molecular weight is 346 g/mol. The van der Waals surface area contributed by atoms with E-state index in [9.17, 15) is 4.79 Å². The number of carbonyl (C=O) groups excluding carboxylic acids is 1. The zero-order chi connectivity index (χ0) is 18.2. The summed E-state index contributed by atoms with van der Waals surface area (Å²) in [6.07, 6.45) is 10.2. The summed E-state index contributed by atoms with van der Waals surface area (Å²) >= 11 is 0. The summed E-state index contributed by atoms with van der Waals surface area (Å²) in [6, 6.07) is 3.69. The van der Waals surface area contributed by atoms with Gasteiger partial charge in [0, 0.05) is 0 Å². The lowest BCUT2D eigenvalue weighted by Crippen LogP contribution is -2.34. The number of rotatable bonds is 7. The second kappa shape index (κ2) is 9.50. The zero-order valence-corrected chi connectivity index (χ0v) is 15.7. The molecule has 0 radical (unpaired) electrons. The minimum absolute atomic E-state index is 0.116. The third kappa shape index (κ3) is 6.11. The van der Waals surface area contributed by atoms with Crippen LogP contribution in [-0.2, 0) is 14.3 Å². The van der Waals surface area contributed by atoms with Crippen molar-refractivity contribution in [1.29, 1.82) is 0 Å². The van der Waals surface area contributed by atoms with Crippen molar-refractivity contribution in [1.82, 2.24) is 0 Å². The molecule has 1 saturated carbocycles. The number of esters is 1. The number of hydrogen-bond acceptors (Lipinski definition) is 4. The number of allylic oxidation sites excluding steroid dienone is 1. The molecule has 1 aliphatic carbocycles. The molecule has 1 heterocycles. The Balaban J connectivity index is 2.17. The van der Waals surface area contributed by atoms with Gasteiger partial charge < -0.3 is 13.9 Å². The normalized spacial score (nSPS) is 24.7. The molecule has 0 unspecified atom stereocenters. The summed E-state index contributed by atoms with van der Waals surface area (Å²) < 4.78 is 16.6. The van der Waals surface area contributed by atoms with Crippen molar-refractivity contribution in [3.63, 3.8) is 0 Å². The highest BCUT2D eigenvalue weighted by molar-refractivity contribution is 5.83. The molecule has 0 N–H and O–H groups in total. The minimum atomic E-state index is -0.383. The van der Waals surface area contributed by atoms with Gasteiger partial charge in [-0.1, -0.05) is 27.2 Å². The van der Waals surface area contributed by atoms with Crippen LogP contribution in [0.3, 0.4) is 0 Å². The molecule has 4 nitrogen and oxygen atoms in total. The Morgan fingerprint density at radius 1 is 1.40 bits per heavy atom. The predicted octanol–water partition coefficient (Wildman–Crippen LogP) is 5.22. The Hall–Kier alpha value is -1.97. The molecule has 3 atom stereocenters. The lowest BCUT2D eigenvalue weighted by Gasteiger charge is -2.37. The first-order chi connectivity index (χ1) is 12.0. The van der Waals surface area contributed by atoms with Crippen molar-refractivity contribution < 1.29 is 18.7 Å². The number of ether oxygens (including phenoxy) is 2. The van der Waals surface area contributed by atoms with E-state index in [1.165, 1.54) is 12.5 Å². The summed E-state index contributed by atoms with van der Waals surface area (Å²) in [4.78, 5) is 11.9. The molecule has 0 saturated heterocycles. The molecule has 0 aliphatic heterocycles. The Morgan fingerprint density at radius 2 is 2.20 bits per heavy atom. The monoisotopic (exact) mass is 346 g/mol. The fraction of sp³-hybridized carbons (Fsp3) is 0.571. The highest BCUT2D eigenvalue weighted by Gasteiger charge is 2.32. The SMILES string of the molecule is CCOC(=O)/C=C(\C=C\c1ccco1)O[C@H]1C[C@@H](C)CC[C@@H]1C(C)C. The summed E-state index contributed by atoms with van der Waals surface area (Å²) in [5.41, 5.74) is 0. The maximum Gasteiger partial charge on any atom is 0.334 e. The Kier molecular flexibility index (Phi) is 7.35. The Bertz CT molecular complexity index is 583. The van der Waals surface area contributed by atoms with Gasteiger partial charge in [-0.2, -0.15) is 0 Å². The molecule has 1 aromatic heterocycles. The van der Waals surface area contributed by atoms with Crippen LogP contribution >= 0.6 is 0 Å². The van der Waals surface area contributed by atoms with Crippen LogP contribution in [0.25, 0.3) is 6.08 Å². The highest BCUT2D eigenvalue weighted by atomic mass is 16.5. The van der Waals surface area contributed by atoms with Gasteiger partial charge in [0.1, 0.15) is 17.6 Å². The van der Waals surface area contributed by atoms with E-state index >= 15 is 0 Å².